The van der Waals surface area contributed by atoms with Crippen molar-refractivity contribution >= 4 is 33.5 Å². The molecule has 19 heavy (non-hydrogen) atoms. The van der Waals surface area contributed by atoms with E-state index in [1.807, 2.05) is 35.7 Å². The molecule has 1 aromatic heterocycles. The first-order chi connectivity index (χ1) is 9.29. The standard InChI is InChI=1S/C15H10ClNOS/c16-15(12(9-17)14-2-1-7-19-14)11-3-4-13-10(8-11)5-6-18-13/h1-4,7-8H,5-6H2. The largest absolute Gasteiger partial charge is 0.493 e. The maximum absolute atomic E-state index is 9.31. The Bertz CT molecular complexity index is 683. The summed E-state index contributed by atoms with van der Waals surface area (Å²) in [4.78, 5) is 0.893. The SMILES string of the molecule is N#CC(=C(Cl)c1ccc2c(c1)CCO2)c1cccs1. The van der Waals surface area contributed by atoms with Crippen LogP contribution in [-0.4, -0.2) is 6.61 Å². The van der Waals surface area contributed by atoms with Crippen LogP contribution in [-0.2, 0) is 6.42 Å². The Hall–Kier alpha value is -1.76. The molecule has 2 nitrogen and oxygen atoms in total. The first-order valence-electron chi connectivity index (χ1n) is 5.89. The number of hydrogen-bond acceptors (Lipinski definition) is 3. The number of hydrogen-bond donors (Lipinski definition) is 0. The van der Waals surface area contributed by atoms with Gasteiger partial charge in [0.1, 0.15) is 11.8 Å². The van der Waals surface area contributed by atoms with E-state index in [0.29, 0.717) is 10.6 Å². The molecular weight excluding hydrogens is 278 g/mol. The van der Waals surface area contributed by atoms with Crippen molar-refractivity contribution in [1.29, 1.82) is 5.26 Å². The van der Waals surface area contributed by atoms with Gasteiger partial charge >= 0.3 is 0 Å². The smallest absolute Gasteiger partial charge is 0.122 e. The van der Waals surface area contributed by atoms with Crippen LogP contribution >= 0.6 is 22.9 Å². The van der Waals surface area contributed by atoms with Gasteiger partial charge in [0.25, 0.3) is 0 Å². The molecule has 0 aliphatic carbocycles. The first kappa shape index (κ1) is 12.3. The van der Waals surface area contributed by atoms with Gasteiger partial charge in [0.05, 0.1) is 17.2 Å². The first-order valence-corrected chi connectivity index (χ1v) is 7.15. The van der Waals surface area contributed by atoms with Gasteiger partial charge in [-0.1, -0.05) is 17.7 Å². The van der Waals surface area contributed by atoms with Gasteiger partial charge in [-0.25, -0.2) is 0 Å². The summed E-state index contributed by atoms with van der Waals surface area (Å²) in [6, 6.07) is 11.8. The van der Waals surface area contributed by atoms with E-state index in [4.69, 9.17) is 16.3 Å². The molecular formula is C15H10ClNOS. The second kappa shape index (κ2) is 5.08. The number of benzene rings is 1. The lowest BCUT2D eigenvalue weighted by molar-refractivity contribution is 0.357. The summed E-state index contributed by atoms with van der Waals surface area (Å²) in [5, 5.41) is 11.8. The summed E-state index contributed by atoms with van der Waals surface area (Å²) < 4.78 is 5.47. The molecule has 0 radical (unpaired) electrons. The fourth-order valence-corrected chi connectivity index (χ4v) is 3.14. The van der Waals surface area contributed by atoms with E-state index in [2.05, 4.69) is 6.07 Å². The van der Waals surface area contributed by atoms with Crippen molar-refractivity contribution in [2.24, 2.45) is 0 Å². The van der Waals surface area contributed by atoms with E-state index >= 15 is 0 Å². The molecule has 0 saturated carbocycles. The summed E-state index contributed by atoms with van der Waals surface area (Å²) in [6.45, 7) is 0.718. The lowest BCUT2D eigenvalue weighted by Crippen LogP contribution is -1.85. The van der Waals surface area contributed by atoms with Crippen LogP contribution in [0, 0.1) is 11.3 Å². The van der Waals surface area contributed by atoms with E-state index in [1.54, 1.807) is 0 Å². The molecule has 1 aromatic carbocycles. The summed E-state index contributed by atoms with van der Waals surface area (Å²) >= 11 is 7.90. The monoisotopic (exact) mass is 287 g/mol. The lowest BCUT2D eigenvalue weighted by Gasteiger charge is -2.05. The van der Waals surface area contributed by atoms with Crippen LogP contribution < -0.4 is 4.74 Å². The number of rotatable bonds is 2. The van der Waals surface area contributed by atoms with Crippen molar-refractivity contribution in [3.05, 3.63) is 51.7 Å². The Morgan fingerprint density at radius 1 is 1.37 bits per heavy atom. The Labute approximate surface area is 120 Å². The van der Waals surface area contributed by atoms with Gasteiger partial charge in [-0.15, -0.1) is 11.3 Å². The van der Waals surface area contributed by atoms with E-state index in [-0.39, 0.29) is 0 Å². The zero-order valence-electron chi connectivity index (χ0n) is 10.0. The Kier molecular flexibility index (Phi) is 3.29. The summed E-state index contributed by atoms with van der Waals surface area (Å²) in [5.41, 5.74) is 2.55. The van der Waals surface area contributed by atoms with Gasteiger partial charge in [-0.2, -0.15) is 5.26 Å². The third kappa shape index (κ3) is 2.25. The molecule has 2 heterocycles. The predicted octanol–water partition coefficient (Wildman–Crippen LogP) is 4.31. The van der Waals surface area contributed by atoms with Gasteiger partial charge in [0.15, 0.2) is 0 Å². The average molecular weight is 288 g/mol. The molecule has 4 heteroatoms. The molecule has 0 amide bonds. The fraction of sp³-hybridized carbons (Fsp3) is 0.133. The Balaban J connectivity index is 2.08. The van der Waals surface area contributed by atoms with E-state index < -0.39 is 0 Å². The van der Waals surface area contributed by atoms with Crippen LogP contribution in [0.1, 0.15) is 16.0 Å². The maximum atomic E-state index is 9.31. The summed E-state index contributed by atoms with van der Waals surface area (Å²) in [7, 11) is 0. The topological polar surface area (TPSA) is 33.0 Å². The quantitative estimate of drug-likeness (QED) is 0.771. The molecule has 0 spiro atoms. The van der Waals surface area contributed by atoms with E-state index in [1.165, 1.54) is 11.3 Å². The molecule has 2 aromatic rings. The minimum absolute atomic E-state index is 0.500. The average Bonchev–Trinajstić information content (AvgIpc) is 3.09. The molecule has 1 aliphatic rings. The molecule has 0 atom stereocenters. The molecule has 0 N–H and O–H groups in total. The van der Waals surface area contributed by atoms with Crippen molar-refractivity contribution in [2.45, 2.75) is 6.42 Å². The van der Waals surface area contributed by atoms with Crippen LogP contribution in [0.4, 0.5) is 0 Å². The number of nitriles is 1. The number of thiophene rings is 1. The highest BCUT2D eigenvalue weighted by Crippen LogP contribution is 2.35. The highest BCUT2D eigenvalue weighted by Gasteiger charge is 2.15. The van der Waals surface area contributed by atoms with E-state index in [9.17, 15) is 5.26 Å². The van der Waals surface area contributed by atoms with Gasteiger partial charge < -0.3 is 4.74 Å². The summed E-state index contributed by atoms with van der Waals surface area (Å²) in [6.07, 6.45) is 0.897. The zero-order valence-corrected chi connectivity index (χ0v) is 11.6. The maximum Gasteiger partial charge on any atom is 0.122 e. The third-order valence-electron chi connectivity index (χ3n) is 3.04. The molecule has 0 fully saturated rings. The Morgan fingerprint density at radius 3 is 3.00 bits per heavy atom. The van der Waals surface area contributed by atoms with Crippen molar-refractivity contribution < 1.29 is 4.74 Å². The number of allylic oxidation sites excluding steroid dienone is 1. The van der Waals surface area contributed by atoms with Crippen molar-refractivity contribution in [1.82, 2.24) is 0 Å². The number of nitrogens with zero attached hydrogens (tertiary/aromatic N) is 1. The number of fused-ring (bicyclic) bond motifs is 1. The van der Waals surface area contributed by atoms with Crippen molar-refractivity contribution in [2.75, 3.05) is 6.61 Å². The molecule has 0 unspecified atom stereocenters. The normalized spacial score (nSPS) is 14.3. The molecule has 0 saturated heterocycles. The van der Waals surface area contributed by atoms with Gasteiger partial charge in [-0.05, 0) is 40.8 Å². The molecule has 1 aliphatic heterocycles. The molecule has 94 valence electrons. The van der Waals surface area contributed by atoms with Crippen LogP contribution in [0.25, 0.3) is 10.6 Å². The third-order valence-corrected chi connectivity index (χ3v) is 4.34. The minimum Gasteiger partial charge on any atom is -0.493 e. The van der Waals surface area contributed by atoms with Gasteiger partial charge in [0, 0.05) is 11.3 Å². The number of halogens is 1. The van der Waals surface area contributed by atoms with E-state index in [0.717, 1.165) is 34.8 Å². The van der Waals surface area contributed by atoms with Gasteiger partial charge in [-0.3, -0.25) is 0 Å². The van der Waals surface area contributed by atoms with Crippen LogP contribution in [0.3, 0.4) is 0 Å². The summed E-state index contributed by atoms with van der Waals surface area (Å²) in [5.74, 6) is 0.919. The second-order valence-electron chi connectivity index (χ2n) is 4.20. The highest BCUT2D eigenvalue weighted by molar-refractivity contribution is 7.11. The second-order valence-corrected chi connectivity index (χ2v) is 5.52. The molecule has 0 bridgehead atoms. The van der Waals surface area contributed by atoms with Gasteiger partial charge in [0.2, 0.25) is 0 Å². The van der Waals surface area contributed by atoms with Crippen molar-refractivity contribution in [3.63, 3.8) is 0 Å². The highest BCUT2D eigenvalue weighted by atomic mass is 35.5. The minimum atomic E-state index is 0.500. The number of ether oxygens (including phenoxy) is 1. The van der Waals surface area contributed by atoms with Crippen LogP contribution in [0.2, 0.25) is 0 Å². The lowest BCUT2D eigenvalue weighted by atomic mass is 10.1. The molecule has 3 rings (SSSR count). The zero-order chi connectivity index (χ0) is 13.2. The fourth-order valence-electron chi connectivity index (χ4n) is 2.10. The Morgan fingerprint density at radius 2 is 2.26 bits per heavy atom. The van der Waals surface area contributed by atoms with Crippen LogP contribution in [0.5, 0.6) is 5.75 Å². The van der Waals surface area contributed by atoms with Crippen LogP contribution in [0.15, 0.2) is 35.7 Å². The predicted molar refractivity (Wildman–Crippen MR) is 78.2 cm³/mol. The van der Waals surface area contributed by atoms with Crippen molar-refractivity contribution in [3.8, 4) is 11.8 Å².